The number of phenols is 3. The van der Waals surface area contributed by atoms with Crippen LogP contribution in [-0.2, 0) is 6.42 Å². The summed E-state index contributed by atoms with van der Waals surface area (Å²) in [5.41, 5.74) is 2.45. The lowest BCUT2D eigenvalue weighted by molar-refractivity contribution is 0.111. The van der Waals surface area contributed by atoms with Gasteiger partial charge in [-0.15, -0.1) is 0 Å². The zero-order valence-corrected chi connectivity index (χ0v) is 12.7. The maximum atomic E-state index is 10.8. The maximum Gasteiger partial charge on any atom is 0.157 e. The van der Waals surface area contributed by atoms with Crippen molar-refractivity contribution in [3.63, 3.8) is 0 Å². The van der Waals surface area contributed by atoms with E-state index >= 15 is 0 Å². The van der Waals surface area contributed by atoms with Gasteiger partial charge in [0.25, 0.3) is 0 Å². The first-order valence-electron chi connectivity index (χ1n) is 6.87. The minimum Gasteiger partial charge on any atom is -0.507 e. The Balaban J connectivity index is 2.88. The molecule has 1 aromatic carbocycles. The third-order valence-electron chi connectivity index (χ3n) is 3.26. The number of benzene rings is 1. The van der Waals surface area contributed by atoms with Crippen molar-refractivity contribution in [3.8, 4) is 17.2 Å². The van der Waals surface area contributed by atoms with Gasteiger partial charge in [0.15, 0.2) is 6.29 Å². The van der Waals surface area contributed by atoms with Crippen LogP contribution in [0.2, 0.25) is 0 Å². The van der Waals surface area contributed by atoms with Crippen LogP contribution in [-0.4, -0.2) is 21.6 Å². The van der Waals surface area contributed by atoms with E-state index in [1.807, 2.05) is 26.8 Å². The van der Waals surface area contributed by atoms with Crippen LogP contribution < -0.4 is 0 Å². The molecule has 0 aliphatic heterocycles. The van der Waals surface area contributed by atoms with Gasteiger partial charge in [0.05, 0.1) is 5.56 Å². The molecule has 0 unspecified atom stereocenters. The molecule has 0 saturated heterocycles. The molecule has 0 bridgehead atoms. The Bertz CT molecular complexity index is 579. The van der Waals surface area contributed by atoms with Crippen molar-refractivity contribution >= 4 is 6.29 Å². The fourth-order valence-electron chi connectivity index (χ4n) is 1.98. The van der Waals surface area contributed by atoms with Gasteiger partial charge in [0.2, 0.25) is 0 Å². The second kappa shape index (κ2) is 7.53. The standard InChI is InChI=1S/C17H22O4/c1-11(2)5-4-6-12(3)7-8-13-15(19)9-16(20)14(10-18)17(13)21/h5,7,9-10,19-21H,4,6,8H2,1-3H3/b12-7+. The van der Waals surface area contributed by atoms with Gasteiger partial charge in [0, 0.05) is 11.6 Å². The molecule has 0 atom stereocenters. The number of hydrogen-bond donors (Lipinski definition) is 3. The van der Waals surface area contributed by atoms with Gasteiger partial charge >= 0.3 is 0 Å². The first kappa shape index (κ1) is 16.8. The fraction of sp³-hybridized carbons (Fsp3) is 0.353. The van der Waals surface area contributed by atoms with E-state index in [0.29, 0.717) is 12.7 Å². The van der Waals surface area contributed by atoms with Gasteiger partial charge < -0.3 is 15.3 Å². The van der Waals surface area contributed by atoms with Crippen molar-refractivity contribution in [2.75, 3.05) is 0 Å². The van der Waals surface area contributed by atoms with E-state index in [2.05, 4.69) is 6.08 Å². The minimum atomic E-state index is -0.423. The molecule has 1 aromatic rings. The zero-order chi connectivity index (χ0) is 16.0. The number of allylic oxidation sites excluding steroid dienone is 4. The summed E-state index contributed by atoms with van der Waals surface area (Å²) in [6.45, 7) is 6.08. The Kier molecular flexibility index (Phi) is 6.03. The number of hydrogen-bond acceptors (Lipinski definition) is 4. The highest BCUT2D eigenvalue weighted by atomic mass is 16.3. The molecule has 0 amide bonds. The molecule has 0 aromatic heterocycles. The van der Waals surface area contributed by atoms with Crippen LogP contribution in [0, 0.1) is 0 Å². The number of carbonyl (C=O) groups excluding carboxylic acids is 1. The van der Waals surface area contributed by atoms with Crippen molar-refractivity contribution in [2.45, 2.75) is 40.0 Å². The molecule has 21 heavy (non-hydrogen) atoms. The van der Waals surface area contributed by atoms with Crippen LogP contribution >= 0.6 is 0 Å². The van der Waals surface area contributed by atoms with Crippen LogP contribution in [0.4, 0.5) is 0 Å². The molecule has 0 aliphatic carbocycles. The molecule has 114 valence electrons. The Hall–Kier alpha value is -2.23. The predicted molar refractivity (Wildman–Crippen MR) is 82.9 cm³/mol. The first-order chi connectivity index (χ1) is 9.86. The molecular formula is C17H22O4. The van der Waals surface area contributed by atoms with E-state index in [1.54, 1.807) is 0 Å². The highest BCUT2D eigenvalue weighted by Gasteiger charge is 2.15. The SMILES string of the molecule is CC(C)=CCC/C(C)=C/Cc1c(O)cc(O)c(C=O)c1O. The fourth-order valence-corrected chi connectivity index (χ4v) is 1.98. The highest BCUT2D eigenvalue weighted by Crippen LogP contribution is 2.36. The molecule has 3 N–H and O–H groups in total. The summed E-state index contributed by atoms with van der Waals surface area (Å²) in [6, 6.07) is 1.07. The number of rotatable bonds is 6. The Morgan fingerprint density at radius 1 is 1.10 bits per heavy atom. The van der Waals surface area contributed by atoms with E-state index < -0.39 is 5.75 Å². The van der Waals surface area contributed by atoms with Gasteiger partial charge in [-0.25, -0.2) is 0 Å². The molecule has 0 heterocycles. The van der Waals surface area contributed by atoms with E-state index in [0.717, 1.165) is 24.5 Å². The van der Waals surface area contributed by atoms with Crippen LogP contribution in [0.1, 0.15) is 49.5 Å². The monoisotopic (exact) mass is 290 g/mol. The molecule has 0 radical (unpaired) electrons. The van der Waals surface area contributed by atoms with Gasteiger partial charge in [-0.1, -0.05) is 23.3 Å². The molecule has 4 heteroatoms. The van der Waals surface area contributed by atoms with Crippen LogP contribution in [0.15, 0.2) is 29.4 Å². The number of phenolic OH excluding ortho intramolecular Hbond substituents is 3. The highest BCUT2D eigenvalue weighted by molar-refractivity contribution is 5.85. The quantitative estimate of drug-likeness (QED) is 0.549. The normalized spacial score (nSPS) is 11.3. The lowest BCUT2D eigenvalue weighted by Crippen LogP contribution is -1.92. The topological polar surface area (TPSA) is 77.8 Å². The molecule has 0 spiro atoms. The second-order valence-electron chi connectivity index (χ2n) is 5.35. The lowest BCUT2D eigenvalue weighted by atomic mass is 10.0. The van der Waals surface area contributed by atoms with Crippen molar-refractivity contribution in [2.24, 2.45) is 0 Å². The number of aldehydes is 1. The summed E-state index contributed by atoms with van der Waals surface area (Å²) >= 11 is 0. The molecule has 1 rings (SSSR count). The molecule has 0 saturated carbocycles. The number of carbonyl (C=O) groups is 1. The summed E-state index contributed by atoms with van der Waals surface area (Å²) in [6.07, 6.45) is 6.57. The Morgan fingerprint density at radius 2 is 1.76 bits per heavy atom. The first-order valence-corrected chi connectivity index (χ1v) is 6.87. The van der Waals surface area contributed by atoms with Crippen molar-refractivity contribution in [3.05, 3.63) is 40.5 Å². The Morgan fingerprint density at radius 3 is 2.33 bits per heavy atom. The van der Waals surface area contributed by atoms with Crippen LogP contribution in [0.25, 0.3) is 0 Å². The smallest absolute Gasteiger partial charge is 0.157 e. The van der Waals surface area contributed by atoms with Crippen molar-refractivity contribution in [1.29, 1.82) is 0 Å². The maximum absolute atomic E-state index is 10.8. The average Bonchev–Trinajstić information content (AvgIpc) is 2.38. The van der Waals surface area contributed by atoms with E-state index in [1.165, 1.54) is 5.57 Å². The van der Waals surface area contributed by atoms with E-state index in [9.17, 15) is 20.1 Å². The predicted octanol–water partition coefficient (Wildman–Crippen LogP) is 3.85. The Labute approximate surface area is 125 Å². The van der Waals surface area contributed by atoms with Crippen molar-refractivity contribution < 1.29 is 20.1 Å². The van der Waals surface area contributed by atoms with E-state index in [4.69, 9.17) is 0 Å². The largest absolute Gasteiger partial charge is 0.507 e. The third-order valence-corrected chi connectivity index (χ3v) is 3.26. The van der Waals surface area contributed by atoms with Crippen molar-refractivity contribution in [1.82, 2.24) is 0 Å². The zero-order valence-electron chi connectivity index (χ0n) is 12.7. The van der Waals surface area contributed by atoms with Gasteiger partial charge in [0.1, 0.15) is 17.2 Å². The summed E-state index contributed by atoms with van der Waals surface area (Å²) in [7, 11) is 0. The summed E-state index contributed by atoms with van der Waals surface area (Å²) in [5.74, 6) is -1.01. The summed E-state index contributed by atoms with van der Waals surface area (Å²) in [4.78, 5) is 10.8. The molecule has 4 nitrogen and oxygen atoms in total. The van der Waals surface area contributed by atoms with Gasteiger partial charge in [-0.05, 0) is 40.0 Å². The lowest BCUT2D eigenvalue weighted by Gasteiger charge is -2.09. The summed E-state index contributed by atoms with van der Waals surface area (Å²) < 4.78 is 0. The summed E-state index contributed by atoms with van der Waals surface area (Å²) in [5, 5.41) is 29.2. The molecule has 0 fully saturated rings. The second-order valence-corrected chi connectivity index (χ2v) is 5.35. The van der Waals surface area contributed by atoms with E-state index in [-0.39, 0.29) is 22.6 Å². The average molecular weight is 290 g/mol. The van der Waals surface area contributed by atoms with Crippen LogP contribution in [0.5, 0.6) is 17.2 Å². The molecular weight excluding hydrogens is 268 g/mol. The van der Waals surface area contributed by atoms with Gasteiger partial charge in [-0.2, -0.15) is 0 Å². The van der Waals surface area contributed by atoms with Gasteiger partial charge in [-0.3, -0.25) is 4.79 Å². The number of aromatic hydroxyl groups is 3. The minimum absolute atomic E-state index is 0.196. The molecule has 0 aliphatic rings. The third kappa shape index (κ3) is 4.67. The van der Waals surface area contributed by atoms with Crippen LogP contribution in [0.3, 0.4) is 0 Å².